The molecule has 0 amide bonds. The van der Waals surface area contributed by atoms with E-state index in [1.165, 1.54) is 3.38 Å². The fourth-order valence-corrected chi connectivity index (χ4v) is 4.61. The molecular formula is C7H11BrO2Se. The quantitative estimate of drug-likeness (QED) is 0.720. The third-order valence-corrected chi connectivity index (χ3v) is 8.23. The third kappa shape index (κ3) is 1.63. The number of ether oxygens (including phenoxy) is 2. The monoisotopic (exact) mass is 286 g/mol. The van der Waals surface area contributed by atoms with Crippen molar-refractivity contribution in [2.45, 2.75) is 5.82 Å². The first kappa shape index (κ1) is 9.17. The van der Waals surface area contributed by atoms with E-state index in [-0.39, 0.29) is 0 Å². The van der Waals surface area contributed by atoms with Gasteiger partial charge in [0, 0.05) is 0 Å². The van der Waals surface area contributed by atoms with E-state index in [0.717, 1.165) is 10.4 Å². The molecule has 1 aliphatic heterocycles. The second kappa shape index (κ2) is 3.65. The van der Waals surface area contributed by atoms with Gasteiger partial charge in [-0.3, -0.25) is 0 Å². The van der Waals surface area contributed by atoms with Crippen LogP contribution in [0.4, 0.5) is 0 Å². The van der Waals surface area contributed by atoms with Gasteiger partial charge in [-0.1, -0.05) is 0 Å². The van der Waals surface area contributed by atoms with E-state index in [4.69, 9.17) is 9.47 Å². The molecule has 0 saturated heterocycles. The molecule has 11 heavy (non-hydrogen) atoms. The Morgan fingerprint density at radius 3 is 2.36 bits per heavy atom. The zero-order chi connectivity index (χ0) is 8.43. The number of hydrogen-bond acceptors (Lipinski definition) is 2. The van der Waals surface area contributed by atoms with Crippen molar-refractivity contribution in [3.8, 4) is 0 Å². The van der Waals surface area contributed by atoms with Crippen molar-refractivity contribution in [1.82, 2.24) is 0 Å². The van der Waals surface area contributed by atoms with Crippen molar-refractivity contribution in [3.05, 3.63) is 19.9 Å². The molecule has 0 saturated carbocycles. The molecule has 0 aromatic rings. The number of hydrogen-bond donors (Lipinski definition) is 0. The molecule has 1 rings (SSSR count). The van der Waals surface area contributed by atoms with Gasteiger partial charge in [0.1, 0.15) is 0 Å². The zero-order valence-corrected chi connectivity index (χ0v) is 10.2. The van der Waals surface area contributed by atoms with Crippen molar-refractivity contribution in [1.29, 1.82) is 0 Å². The van der Waals surface area contributed by atoms with E-state index in [9.17, 15) is 0 Å². The van der Waals surface area contributed by atoms with Crippen LogP contribution >= 0.6 is 15.9 Å². The van der Waals surface area contributed by atoms with Gasteiger partial charge in [-0.05, 0) is 0 Å². The number of rotatable bonds is 2. The molecule has 0 bridgehead atoms. The summed E-state index contributed by atoms with van der Waals surface area (Å²) in [5, 5.41) is 0. The predicted octanol–water partition coefficient (Wildman–Crippen LogP) is 1.72. The maximum atomic E-state index is 5.23. The summed E-state index contributed by atoms with van der Waals surface area (Å²) >= 11 is 2.40. The fourth-order valence-electron chi connectivity index (χ4n) is 0.913. The standard InChI is InChI=1S/C7H11BrO2Se/c1-9-5-4-6(8)11(3)7(5)10-2/h4,11H,1-3H3. The van der Waals surface area contributed by atoms with Gasteiger partial charge in [0.2, 0.25) is 0 Å². The SMILES string of the molecule is COC1=C(OC)[SeH](C)C(Br)=C1. The second-order valence-electron chi connectivity index (χ2n) is 2.10. The first-order valence-corrected chi connectivity index (χ1v) is 7.68. The number of methoxy groups -OCH3 is 2. The van der Waals surface area contributed by atoms with Crippen molar-refractivity contribution in [2.24, 2.45) is 0 Å². The molecule has 1 heterocycles. The van der Waals surface area contributed by atoms with Crippen LogP contribution in [0.5, 0.6) is 0 Å². The van der Waals surface area contributed by atoms with E-state index in [1.54, 1.807) is 14.2 Å². The summed E-state index contributed by atoms with van der Waals surface area (Å²) in [6, 6.07) is 0. The van der Waals surface area contributed by atoms with Crippen molar-refractivity contribution in [3.63, 3.8) is 0 Å². The van der Waals surface area contributed by atoms with Crippen LogP contribution < -0.4 is 0 Å². The van der Waals surface area contributed by atoms with E-state index < -0.39 is 13.9 Å². The minimum absolute atomic E-state index is 0.877. The van der Waals surface area contributed by atoms with Gasteiger partial charge >= 0.3 is 79.2 Å². The van der Waals surface area contributed by atoms with Crippen LogP contribution in [-0.2, 0) is 9.47 Å². The molecule has 0 radical (unpaired) electrons. The number of halogens is 1. The second-order valence-corrected chi connectivity index (χ2v) is 8.50. The normalized spacial score (nSPS) is 26.9. The summed E-state index contributed by atoms with van der Waals surface area (Å²) in [6.07, 6.45) is 2.00. The average Bonchev–Trinajstić information content (AvgIpc) is 2.28. The van der Waals surface area contributed by atoms with Crippen LogP contribution in [0.15, 0.2) is 19.9 Å². The molecule has 2 nitrogen and oxygen atoms in total. The van der Waals surface area contributed by atoms with Gasteiger partial charge in [-0.2, -0.15) is 0 Å². The van der Waals surface area contributed by atoms with E-state index >= 15 is 0 Å². The van der Waals surface area contributed by atoms with Gasteiger partial charge in [0.05, 0.1) is 0 Å². The molecule has 64 valence electrons. The summed E-state index contributed by atoms with van der Waals surface area (Å²) in [4.78, 5) is 0. The van der Waals surface area contributed by atoms with Gasteiger partial charge in [-0.15, -0.1) is 0 Å². The van der Waals surface area contributed by atoms with Gasteiger partial charge < -0.3 is 0 Å². The van der Waals surface area contributed by atoms with E-state index in [1.807, 2.05) is 6.08 Å². The predicted molar refractivity (Wildman–Crippen MR) is 51.1 cm³/mol. The Kier molecular flexibility index (Phi) is 3.05. The third-order valence-electron chi connectivity index (χ3n) is 1.50. The van der Waals surface area contributed by atoms with Crippen LogP contribution in [0.2, 0.25) is 5.82 Å². The van der Waals surface area contributed by atoms with Crippen LogP contribution in [0.25, 0.3) is 0 Å². The molecule has 0 spiro atoms. The first-order valence-electron chi connectivity index (χ1n) is 3.14. The molecule has 0 aliphatic carbocycles. The van der Waals surface area contributed by atoms with Crippen LogP contribution in [0.1, 0.15) is 0 Å². The van der Waals surface area contributed by atoms with Crippen molar-refractivity contribution in [2.75, 3.05) is 14.2 Å². The molecule has 0 aromatic carbocycles. The van der Waals surface area contributed by atoms with Crippen LogP contribution in [0.3, 0.4) is 0 Å². The molecule has 0 N–H and O–H groups in total. The summed E-state index contributed by atoms with van der Waals surface area (Å²) in [6.45, 7) is 0. The maximum absolute atomic E-state index is 5.23. The molecular weight excluding hydrogens is 275 g/mol. The average molecular weight is 286 g/mol. The molecule has 1 atom stereocenters. The number of allylic oxidation sites excluding steroid dienone is 1. The fraction of sp³-hybridized carbons (Fsp3) is 0.429. The first-order chi connectivity index (χ1) is 5.20. The molecule has 4 heteroatoms. The van der Waals surface area contributed by atoms with Crippen LogP contribution in [-0.4, -0.2) is 28.1 Å². The Hall–Kier alpha value is 0.0795. The van der Waals surface area contributed by atoms with Gasteiger partial charge in [0.15, 0.2) is 0 Å². The molecule has 1 unspecified atom stereocenters. The minimum atomic E-state index is -1.09. The van der Waals surface area contributed by atoms with Gasteiger partial charge in [-0.25, -0.2) is 0 Å². The van der Waals surface area contributed by atoms with Crippen molar-refractivity contribution >= 4 is 29.8 Å². The summed E-state index contributed by atoms with van der Waals surface area (Å²) < 4.78 is 12.7. The summed E-state index contributed by atoms with van der Waals surface area (Å²) in [5.74, 6) is 3.08. The summed E-state index contributed by atoms with van der Waals surface area (Å²) in [5.41, 5.74) is 0. The van der Waals surface area contributed by atoms with Gasteiger partial charge in [0.25, 0.3) is 0 Å². The van der Waals surface area contributed by atoms with Crippen molar-refractivity contribution < 1.29 is 9.47 Å². The Bertz CT molecular complexity index is 222. The molecule has 0 aromatic heterocycles. The topological polar surface area (TPSA) is 18.5 Å². The molecule has 1 aliphatic rings. The van der Waals surface area contributed by atoms with E-state index in [2.05, 4.69) is 21.8 Å². The zero-order valence-electron chi connectivity index (χ0n) is 6.72. The Morgan fingerprint density at radius 1 is 1.36 bits per heavy atom. The molecule has 0 fully saturated rings. The van der Waals surface area contributed by atoms with Crippen LogP contribution in [0, 0.1) is 0 Å². The Balaban J connectivity index is 2.89. The van der Waals surface area contributed by atoms with E-state index in [0.29, 0.717) is 0 Å². The summed E-state index contributed by atoms with van der Waals surface area (Å²) in [7, 11) is 3.36. The Morgan fingerprint density at radius 2 is 2.00 bits per heavy atom. The Labute approximate surface area is 79.3 Å².